The zero-order valence-electron chi connectivity index (χ0n) is 9.56. The van der Waals surface area contributed by atoms with Crippen LogP contribution in [-0.2, 0) is 0 Å². The van der Waals surface area contributed by atoms with Gasteiger partial charge in [0.15, 0.2) is 0 Å². The van der Waals surface area contributed by atoms with Gasteiger partial charge in [0.2, 0.25) is 0 Å². The second-order valence-corrected chi connectivity index (χ2v) is 4.99. The molecule has 1 atom stereocenters. The van der Waals surface area contributed by atoms with Crippen molar-refractivity contribution in [2.75, 3.05) is 27.2 Å². The van der Waals surface area contributed by atoms with Gasteiger partial charge in [0.25, 0.3) is 0 Å². The van der Waals surface area contributed by atoms with E-state index in [2.05, 4.69) is 38.2 Å². The Morgan fingerprint density at radius 2 is 2.00 bits per heavy atom. The monoisotopic (exact) mass is 184 g/mol. The van der Waals surface area contributed by atoms with E-state index in [1.165, 1.54) is 25.8 Å². The van der Waals surface area contributed by atoms with Crippen LogP contribution in [0, 0.1) is 5.41 Å². The summed E-state index contributed by atoms with van der Waals surface area (Å²) in [5, 5.41) is 3.61. The quantitative estimate of drug-likeness (QED) is 0.632. The number of rotatable bonds is 6. The van der Waals surface area contributed by atoms with Gasteiger partial charge in [-0.2, -0.15) is 0 Å². The van der Waals surface area contributed by atoms with Crippen LogP contribution in [0.2, 0.25) is 0 Å². The minimum atomic E-state index is 0.623. The average Bonchev–Trinajstić information content (AvgIpc) is 2.78. The Bertz CT molecular complexity index is 150. The number of hydrogen-bond acceptors (Lipinski definition) is 2. The van der Waals surface area contributed by atoms with E-state index in [0.29, 0.717) is 11.5 Å². The molecule has 0 aromatic heterocycles. The molecule has 0 aromatic carbocycles. The Morgan fingerprint density at radius 1 is 1.38 bits per heavy atom. The zero-order chi connectivity index (χ0) is 9.90. The van der Waals surface area contributed by atoms with E-state index < -0.39 is 0 Å². The molecule has 0 amide bonds. The lowest BCUT2D eigenvalue weighted by Gasteiger charge is -2.20. The summed E-state index contributed by atoms with van der Waals surface area (Å²) in [5.41, 5.74) is 0.623. The van der Waals surface area contributed by atoms with E-state index in [4.69, 9.17) is 0 Å². The van der Waals surface area contributed by atoms with Gasteiger partial charge in [-0.3, -0.25) is 0 Å². The van der Waals surface area contributed by atoms with Crippen LogP contribution in [0.25, 0.3) is 0 Å². The average molecular weight is 184 g/mol. The van der Waals surface area contributed by atoms with E-state index >= 15 is 0 Å². The molecule has 2 nitrogen and oxygen atoms in total. The Kier molecular flexibility index (Phi) is 3.74. The summed E-state index contributed by atoms with van der Waals surface area (Å²) in [7, 11) is 4.26. The Balaban J connectivity index is 1.99. The highest BCUT2D eigenvalue weighted by molar-refractivity contribution is 4.96. The molecule has 1 aliphatic carbocycles. The van der Waals surface area contributed by atoms with Gasteiger partial charge in [0, 0.05) is 6.04 Å². The molecule has 13 heavy (non-hydrogen) atoms. The molecule has 0 spiro atoms. The molecule has 1 N–H and O–H groups in total. The molecule has 0 saturated heterocycles. The largest absolute Gasteiger partial charge is 0.314 e. The molecule has 1 aliphatic rings. The van der Waals surface area contributed by atoms with E-state index in [9.17, 15) is 0 Å². The molecule has 1 rings (SSSR count). The highest BCUT2D eigenvalue weighted by atomic mass is 15.1. The minimum absolute atomic E-state index is 0.623. The molecule has 0 aromatic rings. The Hall–Kier alpha value is -0.0800. The van der Waals surface area contributed by atoms with Crippen molar-refractivity contribution < 1.29 is 0 Å². The predicted octanol–water partition coefficient (Wildman–Crippen LogP) is 1.72. The minimum Gasteiger partial charge on any atom is -0.314 e. The number of nitrogens with zero attached hydrogens (tertiary/aromatic N) is 1. The fourth-order valence-electron chi connectivity index (χ4n) is 1.59. The van der Waals surface area contributed by atoms with E-state index in [1.807, 2.05) is 0 Å². The summed E-state index contributed by atoms with van der Waals surface area (Å²) in [6.45, 7) is 7.06. The summed E-state index contributed by atoms with van der Waals surface area (Å²) in [5.74, 6) is 0. The van der Waals surface area contributed by atoms with Crippen molar-refractivity contribution >= 4 is 0 Å². The zero-order valence-corrected chi connectivity index (χ0v) is 9.56. The standard InChI is InChI=1S/C11H24N2/c1-10(11(2)6-7-11)12-8-5-9-13(3)4/h10,12H,5-9H2,1-4H3. The number of hydrogen-bond donors (Lipinski definition) is 1. The van der Waals surface area contributed by atoms with Crippen LogP contribution >= 0.6 is 0 Å². The second-order valence-electron chi connectivity index (χ2n) is 4.99. The predicted molar refractivity (Wildman–Crippen MR) is 58.0 cm³/mol. The first-order valence-corrected chi connectivity index (χ1v) is 5.43. The van der Waals surface area contributed by atoms with Gasteiger partial charge in [0.05, 0.1) is 0 Å². The van der Waals surface area contributed by atoms with E-state index in [1.54, 1.807) is 0 Å². The molecule has 78 valence electrons. The van der Waals surface area contributed by atoms with Crippen LogP contribution in [0.1, 0.15) is 33.1 Å². The molecular formula is C11H24N2. The SMILES string of the molecule is CC(NCCCN(C)C)C1(C)CC1. The van der Waals surface area contributed by atoms with E-state index in [0.717, 1.165) is 6.54 Å². The third-order valence-corrected chi connectivity index (χ3v) is 3.32. The normalized spacial score (nSPS) is 21.9. The smallest absolute Gasteiger partial charge is 0.00925 e. The summed E-state index contributed by atoms with van der Waals surface area (Å²) in [4.78, 5) is 2.24. The lowest BCUT2D eigenvalue weighted by atomic mass is 10.0. The second kappa shape index (κ2) is 4.43. The topological polar surface area (TPSA) is 15.3 Å². The van der Waals surface area contributed by atoms with Crippen LogP contribution < -0.4 is 5.32 Å². The highest BCUT2D eigenvalue weighted by Gasteiger charge is 2.41. The van der Waals surface area contributed by atoms with Gasteiger partial charge >= 0.3 is 0 Å². The van der Waals surface area contributed by atoms with Gasteiger partial charge in [-0.15, -0.1) is 0 Å². The van der Waals surface area contributed by atoms with Gasteiger partial charge < -0.3 is 10.2 Å². The Labute approximate surface area is 82.7 Å². The van der Waals surface area contributed by atoms with Crippen LogP contribution in [0.5, 0.6) is 0 Å². The molecule has 1 unspecified atom stereocenters. The maximum absolute atomic E-state index is 3.61. The fraction of sp³-hybridized carbons (Fsp3) is 1.00. The lowest BCUT2D eigenvalue weighted by molar-refractivity contribution is 0.352. The summed E-state index contributed by atoms with van der Waals surface area (Å²) in [6, 6.07) is 0.703. The third kappa shape index (κ3) is 3.65. The lowest BCUT2D eigenvalue weighted by Crippen LogP contribution is -2.35. The van der Waals surface area contributed by atoms with Crippen molar-refractivity contribution in [2.24, 2.45) is 5.41 Å². The first-order valence-electron chi connectivity index (χ1n) is 5.43. The summed E-state index contributed by atoms with van der Waals surface area (Å²) in [6.07, 6.45) is 4.08. The first kappa shape index (κ1) is 11.0. The summed E-state index contributed by atoms with van der Waals surface area (Å²) < 4.78 is 0. The van der Waals surface area contributed by atoms with Crippen molar-refractivity contribution in [2.45, 2.75) is 39.2 Å². The van der Waals surface area contributed by atoms with Gasteiger partial charge in [-0.1, -0.05) is 6.92 Å². The van der Waals surface area contributed by atoms with Crippen molar-refractivity contribution in [3.63, 3.8) is 0 Å². The molecule has 2 heteroatoms. The third-order valence-electron chi connectivity index (χ3n) is 3.32. The van der Waals surface area contributed by atoms with Gasteiger partial charge in [0.1, 0.15) is 0 Å². The fourth-order valence-corrected chi connectivity index (χ4v) is 1.59. The van der Waals surface area contributed by atoms with Crippen molar-refractivity contribution in [1.29, 1.82) is 0 Å². The molecular weight excluding hydrogens is 160 g/mol. The van der Waals surface area contributed by atoms with Crippen molar-refractivity contribution in [3.05, 3.63) is 0 Å². The molecule has 1 saturated carbocycles. The summed E-state index contributed by atoms with van der Waals surface area (Å²) >= 11 is 0. The van der Waals surface area contributed by atoms with Gasteiger partial charge in [-0.25, -0.2) is 0 Å². The van der Waals surface area contributed by atoms with Crippen LogP contribution in [-0.4, -0.2) is 38.1 Å². The highest BCUT2D eigenvalue weighted by Crippen LogP contribution is 2.47. The van der Waals surface area contributed by atoms with Crippen molar-refractivity contribution in [3.8, 4) is 0 Å². The Morgan fingerprint density at radius 3 is 2.46 bits per heavy atom. The maximum atomic E-state index is 3.61. The van der Waals surface area contributed by atoms with Crippen LogP contribution in [0.15, 0.2) is 0 Å². The molecule has 0 aliphatic heterocycles. The molecule has 0 bridgehead atoms. The van der Waals surface area contributed by atoms with Crippen LogP contribution in [0.4, 0.5) is 0 Å². The van der Waals surface area contributed by atoms with Gasteiger partial charge in [-0.05, 0) is 58.8 Å². The molecule has 1 fully saturated rings. The maximum Gasteiger partial charge on any atom is 0.00925 e. The van der Waals surface area contributed by atoms with E-state index in [-0.39, 0.29) is 0 Å². The van der Waals surface area contributed by atoms with Crippen molar-refractivity contribution in [1.82, 2.24) is 10.2 Å². The first-order chi connectivity index (χ1) is 6.04. The van der Waals surface area contributed by atoms with Crippen LogP contribution in [0.3, 0.4) is 0 Å². The number of nitrogens with one attached hydrogen (secondary N) is 1. The molecule has 0 heterocycles. The molecule has 0 radical (unpaired) electrons.